The summed E-state index contributed by atoms with van der Waals surface area (Å²) in [5, 5.41) is 3.33. The molecular weight excluding hydrogens is 335 g/mol. The molecule has 1 amide bonds. The lowest BCUT2D eigenvalue weighted by molar-refractivity contribution is -0.117. The third-order valence-electron chi connectivity index (χ3n) is 3.18. The molecule has 0 bridgehead atoms. The number of para-hydroxylation sites is 1. The van der Waals surface area contributed by atoms with Crippen molar-refractivity contribution in [2.45, 2.75) is 19.4 Å². The standard InChI is InChI=1S/C16H16BrFN2O/c1-10(13-7-6-12(18)9-14(13)17)20-15-5-3-2-4-11(15)8-16(19)21/h2-7,9-10,20H,8H2,1H3,(H2,19,21). The summed E-state index contributed by atoms with van der Waals surface area (Å²) >= 11 is 3.37. The normalized spacial score (nSPS) is 12.0. The molecule has 2 aromatic carbocycles. The fraction of sp³-hybridized carbons (Fsp3) is 0.188. The fourth-order valence-corrected chi connectivity index (χ4v) is 2.86. The lowest BCUT2D eigenvalue weighted by atomic mass is 10.1. The van der Waals surface area contributed by atoms with Crippen LogP contribution in [0.1, 0.15) is 24.1 Å². The monoisotopic (exact) mass is 350 g/mol. The molecule has 3 N–H and O–H groups in total. The van der Waals surface area contributed by atoms with Gasteiger partial charge in [0.15, 0.2) is 0 Å². The number of hydrogen-bond acceptors (Lipinski definition) is 2. The van der Waals surface area contributed by atoms with E-state index >= 15 is 0 Å². The van der Waals surface area contributed by atoms with Crippen molar-refractivity contribution in [2.75, 3.05) is 5.32 Å². The summed E-state index contributed by atoms with van der Waals surface area (Å²) < 4.78 is 13.8. The molecule has 110 valence electrons. The van der Waals surface area contributed by atoms with Gasteiger partial charge in [0, 0.05) is 16.2 Å². The van der Waals surface area contributed by atoms with E-state index in [1.54, 1.807) is 6.07 Å². The first-order valence-electron chi connectivity index (χ1n) is 6.55. The Hall–Kier alpha value is -1.88. The van der Waals surface area contributed by atoms with Gasteiger partial charge in [0.1, 0.15) is 5.82 Å². The summed E-state index contributed by atoms with van der Waals surface area (Å²) in [7, 11) is 0. The molecule has 0 aliphatic carbocycles. The Labute approximate surface area is 131 Å². The van der Waals surface area contributed by atoms with Crippen LogP contribution >= 0.6 is 15.9 Å². The van der Waals surface area contributed by atoms with Gasteiger partial charge in [-0.1, -0.05) is 40.2 Å². The van der Waals surface area contributed by atoms with Gasteiger partial charge in [0.25, 0.3) is 0 Å². The average molecular weight is 351 g/mol. The molecule has 0 aliphatic heterocycles. The topological polar surface area (TPSA) is 55.1 Å². The molecule has 3 nitrogen and oxygen atoms in total. The first-order valence-corrected chi connectivity index (χ1v) is 7.34. The second-order valence-corrected chi connectivity index (χ2v) is 5.69. The van der Waals surface area contributed by atoms with Gasteiger partial charge in [-0.15, -0.1) is 0 Å². The number of carbonyl (C=O) groups excluding carboxylic acids is 1. The molecule has 2 rings (SSSR count). The van der Waals surface area contributed by atoms with E-state index in [-0.39, 0.29) is 24.2 Å². The van der Waals surface area contributed by atoms with Gasteiger partial charge in [-0.2, -0.15) is 0 Å². The lowest BCUT2D eigenvalue weighted by Crippen LogP contribution is -2.16. The van der Waals surface area contributed by atoms with Crippen molar-refractivity contribution in [3.05, 3.63) is 63.9 Å². The number of nitrogens with two attached hydrogens (primary N) is 1. The summed E-state index contributed by atoms with van der Waals surface area (Å²) in [5.74, 6) is -0.660. The van der Waals surface area contributed by atoms with Crippen LogP contribution in [0, 0.1) is 5.82 Å². The molecular formula is C16H16BrFN2O. The zero-order valence-electron chi connectivity index (χ0n) is 11.6. The number of amides is 1. The van der Waals surface area contributed by atoms with Crippen molar-refractivity contribution in [2.24, 2.45) is 5.73 Å². The third kappa shape index (κ3) is 4.04. The van der Waals surface area contributed by atoms with E-state index in [4.69, 9.17) is 5.73 Å². The molecule has 5 heteroatoms. The van der Waals surface area contributed by atoms with Crippen LogP contribution < -0.4 is 11.1 Å². The highest BCUT2D eigenvalue weighted by Crippen LogP contribution is 2.28. The second kappa shape index (κ2) is 6.72. The summed E-state index contributed by atoms with van der Waals surface area (Å²) in [4.78, 5) is 11.1. The molecule has 0 aromatic heterocycles. The minimum Gasteiger partial charge on any atom is -0.378 e. The molecule has 2 aromatic rings. The Balaban J connectivity index is 2.23. The Morgan fingerprint density at radius 2 is 2.05 bits per heavy atom. The van der Waals surface area contributed by atoms with Crippen molar-refractivity contribution in [1.29, 1.82) is 0 Å². The predicted octanol–water partition coefficient (Wildman–Crippen LogP) is 3.79. The van der Waals surface area contributed by atoms with Gasteiger partial charge in [0.05, 0.1) is 6.42 Å². The van der Waals surface area contributed by atoms with Crippen molar-refractivity contribution < 1.29 is 9.18 Å². The lowest BCUT2D eigenvalue weighted by Gasteiger charge is -2.19. The Bertz CT molecular complexity index is 660. The molecule has 1 unspecified atom stereocenters. The van der Waals surface area contributed by atoms with Crippen LogP contribution in [-0.2, 0) is 11.2 Å². The van der Waals surface area contributed by atoms with Gasteiger partial charge in [0.2, 0.25) is 5.91 Å². The van der Waals surface area contributed by atoms with Crippen LogP contribution in [0.2, 0.25) is 0 Å². The molecule has 0 radical (unpaired) electrons. The summed E-state index contributed by atoms with van der Waals surface area (Å²) in [6.45, 7) is 1.97. The maximum atomic E-state index is 13.1. The minimum absolute atomic E-state index is 0.0472. The summed E-state index contributed by atoms with van der Waals surface area (Å²) in [5.41, 5.74) is 7.89. The summed E-state index contributed by atoms with van der Waals surface area (Å²) in [6.07, 6.45) is 0.181. The number of carbonyl (C=O) groups is 1. The smallest absolute Gasteiger partial charge is 0.221 e. The first kappa shape index (κ1) is 15.5. The quantitative estimate of drug-likeness (QED) is 0.861. The van der Waals surface area contributed by atoms with Gasteiger partial charge < -0.3 is 11.1 Å². The second-order valence-electron chi connectivity index (χ2n) is 4.83. The number of hydrogen-bond donors (Lipinski definition) is 2. The number of primary amides is 1. The van der Waals surface area contributed by atoms with Crippen molar-refractivity contribution in [3.63, 3.8) is 0 Å². The van der Waals surface area contributed by atoms with E-state index in [0.717, 1.165) is 16.8 Å². The van der Waals surface area contributed by atoms with Crippen LogP contribution in [0.15, 0.2) is 46.9 Å². The number of rotatable bonds is 5. The van der Waals surface area contributed by atoms with Gasteiger partial charge >= 0.3 is 0 Å². The predicted molar refractivity (Wildman–Crippen MR) is 85.5 cm³/mol. The van der Waals surface area contributed by atoms with Crippen molar-refractivity contribution >= 4 is 27.5 Å². The largest absolute Gasteiger partial charge is 0.378 e. The van der Waals surface area contributed by atoms with Gasteiger partial charge in [-0.25, -0.2) is 4.39 Å². The van der Waals surface area contributed by atoms with E-state index < -0.39 is 0 Å². The van der Waals surface area contributed by atoms with Crippen molar-refractivity contribution in [1.82, 2.24) is 0 Å². The van der Waals surface area contributed by atoms with Crippen LogP contribution in [0.25, 0.3) is 0 Å². The number of benzene rings is 2. The molecule has 0 heterocycles. The molecule has 21 heavy (non-hydrogen) atoms. The van der Waals surface area contributed by atoms with Crippen molar-refractivity contribution in [3.8, 4) is 0 Å². The molecule has 0 fully saturated rings. The van der Waals surface area contributed by atoms with Crippen LogP contribution in [0.4, 0.5) is 10.1 Å². The first-order chi connectivity index (χ1) is 9.97. The fourth-order valence-electron chi connectivity index (χ4n) is 2.17. The number of nitrogens with one attached hydrogen (secondary N) is 1. The SMILES string of the molecule is CC(Nc1ccccc1CC(N)=O)c1ccc(F)cc1Br. The minimum atomic E-state index is -0.375. The van der Waals surface area contributed by atoms with Crippen LogP contribution in [-0.4, -0.2) is 5.91 Å². The van der Waals surface area contributed by atoms with E-state index in [2.05, 4.69) is 21.2 Å². The average Bonchev–Trinajstić information content (AvgIpc) is 2.40. The zero-order valence-corrected chi connectivity index (χ0v) is 13.2. The van der Waals surface area contributed by atoms with E-state index in [1.807, 2.05) is 31.2 Å². The molecule has 0 saturated carbocycles. The van der Waals surface area contributed by atoms with Crippen LogP contribution in [0.5, 0.6) is 0 Å². The highest BCUT2D eigenvalue weighted by atomic mass is 79.9. The number of anilines is 1. The highest BCUT2D eigenvalue weighted by Gasteiger charge is 2.12. The van der Waals surface area contributed by atoms with E-state index in [1.165, 1.54) is 12.1 Å². The maximum Gasteiger partial charge on any atom is 0.221 e. The molecule has 1 atom stereocenters. The molecule has 0 saturated heterocycles. The number of halogens is 2. The van der Waals surface area contributed by atoms with E-state index in [9.17, 15) is 9.18 Å². The highest BCUT2D eigenvalue weighted by molar-refractivity contribution is 9.10. The Kier molecular flexibility index (Phi) is 4.96. The summed E-state index contributed by atoms with van der Waals surface area (Å²) in [6, 6.07) is 12.0. The van der Waals surface area contributed by atoms with Crippen LogP contribution in [0.3, 0.4) is 0 Å². The molecule has 0 aliphatic rings. The maximum absolute atomic E-state index is 13.1. The van der Waals surface area contributed by atoms with Gasteiger partial charge in [-0.3, -0.25) is 4.79 Å². The van der Waals surface area contributed by atoms with E-state index in [0.29, 0.717) is 4.47 Å². The van der Waals surface area contributed by atoms with Gasteiger partial charge in [-0.05, 0) is 36.2 Å². The Morgan fingerprint density at radius 3 is 2.71 bits per heavy atom. The Morgan fingerprint density at radius 1 is 1.33 bits per heavy atom. The molecule has 0 spiro atoms. The third-order valence-corrected chi connectivity index (χ3v) is 3.87. The zero-order chi connectivity index (χ0) is 15.4.